The Morgan fingerprint density at radius 2 is 1.40 bits per heavy atom. The lowest BCUT2D eigenvalue weighted by Gasteiger charge is -2.37. The first-order chi connectivity index (χ1) is 12.2. The van der Waals surface area contributed by atoms with E-state index in [1.165, 1.54) is 38.5 Å². The zero-order chi connectivity index (χ0) is 17.5. The summed E-state index contributed by atoms with van der Waals surface area (Å²) in [5.74, 6) is -0.261. The molecule has 0 unspecified atom stereocenters. The van der Waals surface area contributed by atoms with Gasteiger partial charge in [-0.05, 0) is 31.2 Å². The normalized spacial score (nSPS) is 20.3. The first-order valence-electron chi connectivity index (χ1n) is 9.96. The third kappa shape index (κ3) is 4.97. The second-order valence-electron chi connectivity index (χ2n) is 7.74. The van der Waals surface area contributed by atoms with Gasteiger partial charge in [0.05, 0.1) is 6.16 Å². The molecule has 0 aromatic heterocycles. The van der Waals surface area contributed by atoms with Gasteiger partial charge in [-0.25, -0.2) is 0 Å². The van der Waals surface area contributed by atoms with Crippen molar-refractivity contribution in [3.8, 4) is 0 Å². The van der Waals surface area contributed by atoms with Gasteiger partial charge in [-0.2, -0.15) is 0 Å². The van der Waals surface area contributed by atoms with E-state index in [2.05, 4.69) is 0 Å². The van der Waals surface area contributed by atoms with Crippen LogP contribution in [0.25, 0.3) is 0 Å². The molecule has 138 valence electrons. The van der Waals surface area contributed by atoms with Crippen molar-refractivity contribution in [1.29, 1.82) is 0 Å². The molecular formula is C21H31O3P. The molecule has 0 N–H and O–H groups in total. The van der Waals surface area contributed by atoms with Crippen LogP contribution in [0.1, 0.15) is 69.8 Å². The Kier molecular flexibility index (Phi) is 6.76. The quantitative estimate of drug-likeness (QED) is 0.477. The summed E-state index contributed by atoms with van der Waals surface area (Å²) in [6.45, 7) is 0.287. The van der Waals surface area contributed by atoms with E-state index < -0.39 is 7.14 Å². The topological polar surface area (TPSA) is 43.4 Å². The molecule has 1 aromatic carbocycles. The largest absolute Gasteiger partial charge is 0.460 e. The molecule has 3 nitrogen and oxygen atoms in total. The van der Waals surface area contributed by atoms with Crippen molar-refractivity contribution in [2.45, 2.75) is 82.1 Å². The number of hydrogen-bond acceptors (Lipinski definition) is 3. The molecule has 0 aliphatic heterocycles. The minimum atomic E-state index is -2.52. The van der Waals surface area contributed by atoms with Crippen LogP contribution in [0.15, 0.2) is 30.3 Å². The van der Waals surface area contributed by atoms with E-state index in [1.807, 2.05) is 30.3 Å². The van der Waals surface area contributed by atoms with E-state index in [0.717, 1.165) is 31.2 Å². The Morgan fingerprint density at radius 3 is 1.92 bits per heavy atom. The number of esters is 1. The van der Waals surface area contributed by atoms with Crippen molar-refractivity contribution in [3.63, 3.8) is 0 Å². The Labute approximate surface area is 151 Å². The Balaban J connectivity index is 1.65. The van der Waals surface area contributed by atoms with E-state index in [0.29, 0.717) is 0 Å². The van der Waals surface area contributed by atoms with E-state index in [-0.39, 0.29) is 30.1 Å². The molecule has 2 aliphatic carbocycles. The molecule has 0 radical (unpaired) electrons. The van der Waals surface area contributed by atoms with Crippen LogP contribution in [0.2, 0.25) is 0 Å². The van der Waals surface area contributed by atoms with Gasteiger partial charge in [-0.1, -0.05) is 68.9 Å². The van der Waals surface area contributed by atoms with E-state index in [9.17, 15) is 9.36 Å². The second kappa shape index (κ2) is 9.03. The van der Waals surface area contributed by atoms with Gasteiger partial charge < -0.3 is 9.30 Å². The van der Waals surface area contributed by atoms with Crippen molar-refractivity contribution in [2.24, 2.45) is 0 Å². The number of carbonyl (C=O) groups excluding carboxylic acids is 1. The van der Waals surface area contributed by atoms with Crippen LogP contribution >= 0.6 is 7.14 Å². The van der Waals surface area contributed by atoms with Crippen molar-refractivity contribution in [2.75, 3.05) is 6.16 Å². The maximum Gasteiger partial charge on any atom is 0.313 e. The minimum absolute atomic E-state index is 0.162. The number of rotatable bonds is 6. The third-order valence-corrected chi connectivity index (χ3v) is 10.3. The molecule has 0 bridgehead atoms. The average Bonchev–Trinajstić information content (AvgIpc) is 2.68. The fraction of sp³-hybridized carbons (Fsp3) is 0.667. The molecule has 3 rings (SSSR count). The van der Waals surface area contributed by atoms with E-state index in [4.69, 9.17) is 4.74 Å². The average molecular weight is 362 g/mol. The monoisotopic (exact) mass is 362 g/mol. The second-order valence-corrected chi connectivity index (χ2v) is 11.2. The maximum atomic E-state index is 14.0. The number of carbonyl (C=O) groups is 1. The van der Waals surface area contributed by atoms with Gasteiger partial charge in [0.15, 0.2) is 0 Å². The summed E-state index contributed by atoms with van der Waals surface area (Å²) in [6.07, 6.45) is 11.5. The van der Waals surface area contributed by atoms with E-state index >= 15 is 0 Å². The van der Waals surface area contributed by atoms with E-state index in [1.54, 1.807) is 0 Å². The molecule has 0 atom stereocenters. The molecule has 2 aliphatic rings. The molecule has 2 fully saturated rings. The summed E-state index contributed by atoms with van der Waals surface area (Å²) in [4.78, 5) is 12.5. The van der Waals surface area contributed by atoms with Gasteiger partial charge in [0, 0.05) is 11.3 Å². The van der Waals surface area contributed by atoms with Crippen LogP contribution in [0.4, 0.5) is 0 Å². The standard InChI is InChI=1S/C21H31O3P/c22-21(24-16-18-10-4-1-5-11-18)17-25(23,19-12-6-2-7-13-19)20-14-8-3-9-15-20/h1,4-5,10-11,19-20H,2-3,6-9,12-17H2. The highest BCUT2D eigenvalue weighted by atomic mass is 31.2. The third-order valence-electron chi connectivity index (χ3n) is 6.00. The van der Waals surface area contributed by atoms with Crippen molar-refractivity contribution in [3.05, 3.63) is 35.9 Å². The summed E-state index contributed by atoms with van der Waals surface area (Å²) in [5, 5.41) is 0. The van der Waals surface area contributed by atoms with Gasteiger partial charge in [0.2, 0.25) is 0 Å². The Bertz CT molecular complexity index is 564. The van der Waals surface area contributed by atoms with Gasteiger partial charge in [0.25, 0.3) is 0 Å². The molecule has 1 aromatic rings. The molecule has 0 spiro atoms. The molecule has 0 heterocycles. The summed E-state index contributed by atoms with van der Waals surface area (Å²) in [6, 6.07) is 9.74. The number of hydrogen-bond donors (Lipinski definition) is 0. The highest BCUT2D eigenvalue weighted by Crippen LogP contribution is 2.62. The smallest absolute Gasteiger partial charge is 0.313 e. The lowest BCUT2D eigenvalue weighted by molar-refractivity contribution is -0.141. The van der Waals surface area contributed by atoms with Gasteiger partial charge in [-0.3, -0.25) is 4.79 Å². The minimum Gasteiger partial charge on any atom is -0.460 e. The molecule has 0 saturated heterocycles. The first kappa shape index (κ1) is 18.7. The highest BCUT2D eigenvalue weighted by Gasteiger charge is 2.42. The summed E-state index contributed by atoms with van der Waals surface area (Å²) >= 11 is 0. The summed E-state index contributed by atoms with van der Waals surface area (Å²) < 4.78 is 19.5. The van der Waals surface area contributed by atoms with Gasteiger partial charge >= 0.3 is 5.97 Å². The first-order valence-corrected chi connectivity index (χ1v) is 12.0. The lowest BCUT2D eigenvalue weighted by atomic mass is 9.99. The molecule has 4 heteroatoms. The van der Waals surface area contributed by atoms with Gasteiger partial charge in [-0.15, -0.1) is 0 Å². The van der Waals surface area contributed by atoms with Crippen LogP contribution < -0.4 is 0 Å². The zero-order valence-electron chi connectivity index (χ0n) is 15.2. The lowest BCUT2D eigenvalue weighted by Crippen LogP contribution is -2.28. The van der Waals surface area contributed by atoms with Crippen molar-refractivity contribution in [1.82, 2.24) is 0 Å². The predicted octanol–water partition coefficient (Wildman–Crippen LogP) is 5.76. The van der Waals surface area contributed by atoms with Crippen molar-refractivity contribution < 1.29 is 14.1 Å². The molecule has 0 amide bonds. The summed E-state index contributed by atoms with van der Waals surface area (Å²) in [7, 11) is -2.52. The molecule has 2 saturated carbocycles. The SMILES string of the molecule is O=C(CP(=O)(C1CCCCC1)C1CCCCC1)OCc1ccccc1. The molecular weight excluding hydrogens is 331 g/mol. The Hall–Kier alpha value is -1.08. The van der Waals surface area contributed by atoms with Crippen LogP contribution in [0.5, 0.6) is 0 Å². The molecule has 25 heavy (non-hydrogen) atoms. The Morgan fingerprint density at radius 1 is 0.880 bits per heavy atom. The van der Waals surface area contributed by atoms with Crippen LogP contribution in [0.3, 0.4) is 0 Å². The predicted molar refractivity (Wildman–Crippen MR) is 102 cm³/mol. The number of benzene rings is 1. The van der Waals surface area contributed by atoms with Crippen LogP contribution in [-0.2, 0) is 20.7 Å². The van der Waals surface area contributed by atoms with Gasteiger partial charge in [0.1, 0.15) is 13.7 Å². The van der Waals surface area contributed by atoms with Crippen molar-refractivity contribution >= 4 is 13.1 Å². The number of ether oxygens (including phenoxy) is 1. The fourth-order valence-corrected chi connectivity index (χ4v) is 8.66. The zero-order valence-corrected chi connectivity index (χ0v) is 16.1. The van der Waals surface area contributed by atoms with Crippen LogP contribution in [-0.4, -0.2) is 23.4 Å². The summed E-state index contributed by atoms with van der Waals surface area (Å²) in [5.41, 5.74) is 1.50. The fourth-order valence-electron chi connectivity index (χ4n) is 4.58. The highest BCUT2D eigenvalue weighted by molar-refractivity contribution is 7.66. The maximum absolute atomic E-state index is 14.0. The van der Waals surface area contributed by atoms with Crippen LogP contribution in [0, 0.1) is 0 Å².